The van der Waals surface area contributed by atoms with Gasteiger partial charge in [0.15, 0.2) is 0 Å². The molecule has 1 fully saturated rings. The smallest absolute Gasteiger partial charge is 0.00234 e. The molecule has 1 unspecified atom stereocenters. The topological polar surface area (TPSA) is 12.0 Å². The summed E-state index contributed by atoms with van der Waals surface area (Å²) in [6.45, 7) is 3.58. The summed E-state index contributed by atoms with van der Waals surface area (Å²) >= 11 is 0. The van der Waals surface area contributed by atoms with E-state index in [-0.39, 0.29) is 0 Å². The molecule has 1 aliphatic carbocycles. The van der Waals surface area contributed by atoms with Crippen LogP contribution in [0.1, 0.15) is 26.2 Å². The number of rotatable bonds is 2. The molecular formula is C8H17N. The van der Waals surface area contributed by atoms with Gasteiger partial charge < -0.3 is 5.32 Å². The lowest BCUT2D eigenvalue weighted by Crippen LogP contribution is -2.16. The molecule has 0 radical (unpaired) electrons. The maximum Gasteiger partial charge on any atom is -0.00234 e. The van der Waals surface area contributed by atoms with Crippen LogP contribution in [-0.4, -0.2) is 13.6 Å². The number of nitrogens with one attached hydrogen (secondary N) is 1. The molecule has 2 atom stereocenters. The van der Waals surface area contributed by atoms with Crippen molar-refractivity contribution < 1.29 is 0 Å². The van der Waals surface area contributed by atoms with Gasteiger partial charge in [-0.15, -0.1) is 0 Å². The van der Waals surface area contributed by atoms with Gasteiger partial charge in [0.05, 0.1) is 0 Å². The largest absolute Gasteiger partial charge is 0.319 e. The highest BCUT2D eigenvalue weighted by atomic mass is 14.8. The van der Waals surface area contributed by atoms with Gasteiger partial charge in [-0.2, -0.15) is 0 Å². The summed E-state index contributed by atoms with van der Waals surface area (Å²) < 4.78 is 0. The van der Waals surface area contributed by atoms with Crippen LogP contribution in [0.3, 0.4) is 0 Å². The van der Waals surface area contributed by atoms with Crippen molar-refractivity contribution in [1.29, 1.82) is 0 Å². The molecule has 0 aromatic carbocycles. The van der Waals surface area contributed by atoms with E-state index in [9.17, 15) is 0 Å². The number of hydrogen-bond donors (Lipinski definition) is 1. The molecule has 1 heteroatoms. The molecule has 1 rings (SSSR count). The zero-order valence-electron chi connectivity index (χ0n) is 6.48. The first-order valence-corrected chi connectivity index (χ1v) is 3.97. The fraction of sp³-hybridized carbons (Fsp3) is 1.00. The molecule has 0 aliphatic heterocycles. The zero-order chi connectivity index (χ0) is 6.69. The van der Waals surface area contributed by atoms with E-state index in [1.165, 1.54) is 25.8 Å². The maximum atomic E-state index is 3.23. The summed E-state index contributed by atoms with van der Waals surface area (Å²) in [5, 5.41) is 3.23. The molecule has 54 valence electrons. The third-order valence-corrected chi connectivity index (χ3v) is 2.30. The number of hydrogen-bond acceptors (Lipinski definition) is 1. The molecule has 1 aliphatic rings. The Balaban J connectivity index is 2.14. The van der Waals surface area contributed by atoms with Gasteiger partial charge in [0.2, 0.25) is 0 Å². The maximum absolute atomic E-state index is 3.23. The van der Waals surface area contributed by atoms with Crippen LogP contribution in [0.4, 0.5) is 0 Å². The van der Waals surface area contributed by atoms with Gasteiger partial charge >= 0.3 is 0 Å². The SMILES string of the molecule is CNCC1CC[C@H](C)C1. The molecule has 1 saturated carbocycles. The van der Waals surface area contributed by atoms with Gasteiger partial charge in [0.25, 0.3) is 0 Å². The lowest BCUT2D eigenvalue weighted by atomic mass is 10.1. The van der Waals surface area contributed by atoms with Crippen molar-refractivity contribution in [1.82, 2.24) is 5.32 Å². The second-order valence-electron chi connectivity index (χ2n) is 3.34. The standard InChI is InChI=1S/C8H17N/c1-7-3-4-8(5-7)6-9-2/h7-9H,3-6H2,1-2H3/t7-,8?/m0/s1. The van der Waals surface area contributed by atoms with Crippen molar-refractivity contribution in [2.45, 2.75) is 26.2 Å². The Morgan fingerprint density at radius 1 is 1.44 bits per heavy atom. The van der Waals surface area contributed by atoms with Crippen LogP contribution in [0.25, 0.3) is 0 Å². The Labute approximate surface area is 57.8 Å². The van der Waals surface area contributed by atoms with Crippen LogP contribution in [-0.2, 0) is 0 Å². The molecule has 0 spiro atoms. The van der Waals surface area contributed by atoms with Gasteiger partial charge in [-0.3, -0.25) is 0 Å². The van der Waals surface area contributed by atoms with Crippen molar-refractivity contribution >= 4 is 0 Å². The van der Waals surface area contributed by atoms with E-state index in [1.807, 2.05) is 7.05 Å². The van der Waals surface area contributed by atoms with Gasteiger partial charge in [-0.25, -0.2) is 0 Å². The lowest BCUT2D eigenvalue weighted by Gasteiger charge is -2.06. The minimum Gasteiger partial charge on any atom is -0.319 e. The first-order chi connectivity index (χ1) is 4.33. The van der Waals surface area contributed by atoms with Crippen molar-refractivity contribution in [2.75, 3.05) is 13.6 Å². The molecule has 1 nitrogen and oxygen atoms in total. The molecule has 0 aromatic heterocycles. The highest BCUT2D eigenvalue weighted by Crippen LogP contribution is 2.29. The fourth-order valence-electron chi connectivity index (χ4n) is 1.80. The Kier molecular flexibility index (Phi) is 2.52. The first-order valence-electron chi connectivity index (χ1n) is 3.97. The molecule has 1 N–H and O–H groups in total. The summed E-state index contributed by atoms with van der Waals surface area (Å²) in [5.74, 6) is 1.97. The molecule has 9 heavy (non-hydrogen) atoms. The monoisotopic (exact) mass is 127 g/mol. The van der Waals surface area contributed by atoms with Gasteiger partial charge in [0, 0.05) is 0 Å². The average molecular weight is 127 g/mol. The fourth-order valence-corrected chi connectivity index (χ4v) is 1.80. The molecule has 0 saturated heterocycles. The van der Waals surface area contributed by atoms with Gasteiger partial charge in [-0.1, -0.05) is 13.3 Å². The van der Waals surface area contributed by atoms with Crippen LogP contribution in [0.2, 0.25) is 0 Å². The second kappa shape index (κ2) is 3.21. The average Bonchev–Trinajstić information content (AvgIpc) is 2.17. The molecule has 0 bridgehead atoms. The Morgan fingerprint density at radius 3 is 2.67 bits per heavy atom. The summed E-state index contributed by atoms with van der Waals surface area (Å²) in [4.78, 5) is 0. The molecule has 0 amide bonds. The first kappa shape index (κ1) is 7.07. The van der Waals surface area contributed by atoms with Crippen molar-refractivity contribution in [3.63, 3.8) is 0 Å². The third kappa shape index (κ3) is 1.98. The molecule has 0 aromatic rings. The van der Waals surface area contributed by atoms with E-state index >= 15 is 0 Å². The van der Waals surface area contributed by atoms with Crippen molar-refractivity contribution in [3.8, 4) is 0 Å². The summed E-state index contributed by atoms with van der Waals surface area (Å²) in [7, 11) is 2.04. The highest BCUT2D eigenvalue weighted by Gasteiger charge is 2.19. The van der Waals surface area contributed by atoms with Crippen LogP contribution in [0.5, 0.6) is 0 Å². The molecular weight excluding hydrogens is 110 g/mol. The Morgan fingerprint density at radius 2 is 2.22 bits per heavy atom. The lowest BCUT2D eigenvalue weighted by molar-refractivity contribution is 0.492. The van der Waals surface area contributed by atoms with E-state index in [4.69, 9.17) is 0 Å². The van der Waals surface area contributed by atoms with Crippen LogP contribution in [0.15, 0.2) is 0 Å². The zero-order valence-corrected chi connectivity index (χ0v) is 6.48. The summed E-state index contributed by atoms with van der Waals surface area (Å²) in [6.07, 6.45) is 4.34. The predicted molar refractivity (Wildman–Crippen MR) is 40.4 cm³/mol. The van der Waals surface area contributed by atoms with E-state index in [1.54, 1.807) is 0 Å². The summed E-state index contributed by atoms with van der Waals surface area (Å²) in [5.41, 5.74) is 0. The molecule has 0 heterocycles. The van der Waals surface area contributed by atoms with Crippen molar-refractivity contribution in [3.05, 3.63) is 0 Å². The summed E-state index contributed by atoms with van der Waals surface area (Å²) in [6, 6.07) is 0. The van der Waals surface area contributed by atoms with Gasteiger partial charge in [0.1, 0.15) is 0 Å². The van der Waals surface area contributed by atoms with E-state index in [0.717, 1.165) is 11.8 Å². The predicted octanol–water partition coefficient (Wildman–Crippen LogP) is 1.64. The quantitative estimate of drug-likeness (QED) is 0.594. The minimum absolute atomic E-state index is 0.977. The van der Waals surface area contributed by atoms with Crippen LogP contribution in [0, 0.1) is 11.8 Å². The normalized spacial score (nSPS) is 35.3. The van der Waals surface area contributed by atoms with Crippen LogP contribution < -0.4 is 5.32 Å². The van der Waals surface area contributed by atoms with Gasteiger partial charge in [-0.05, 0) is 38.3 Å². The minimum atomic E-state index is 0.977. The van der Waals surface area contributed by atoms with Crippen molar-refractivity contribution in [2.24, 2.45) is 11.8 Å². The van der Waals surface area contributed by atoms with E-state index in [0.29, 0.717) is 0 Å². The van der Waals surface area contributed by atoms with E-state index in [2.05, 4.69) is 12.2 Å². The Bertz CT molecular complexity index is 78.6. The van der Waals surface area contributed by atoms with E-state index < -0.39 is 0 Å². The van der Waals surface area contributed by atoms with Crippen LogP contribution >= 0.6 is 0 Å². The Hall–Kier alpha value is -0.0400. The third-order valence-electron chi connectivity index (χ3n) is 2.30. The second-order valence-corrected chi connectivity index (χ2v) is 3.34. The highest BCUT2D eigenvalue weighted by molar-refractivity contribution is 4.73.